The highest BCUT2D eigenvalue weighted by atomic mass is 32.2. The van der Waals surface area contributed by atoms with Gasteiger partial charge in [0.05, 0.1) is 23.4 Å². The van der Waals surface area contributed by atoms with Gasteiger partial charge in [0.2, 0.25) is 15.9 Å². The number of carbonyl (C=O) groups excluding carboxylic acids is 3. The summed E-state index contributed by atoms with van der Waals surface area (Å²) in [4.78, 5) is 38.1. The number of amides is 2. The molecule has 1 heterocycles. The molecule has 2 aromatic carbocycles. The number of esters is 1. The summed E-state index contributed by atoms with van der Waals surface area (Å²) in [7, 11) is -2.52. The summed E-state index contributed by atoms with van der Waals surface area (Å²) in [6.07, 6.45) is 1.19. The molecule has 2 aromatic rings. The molecule has 33 heavy (non-hydrogen) atoms. The lowest BCUT2D eigenvalue weighted by Crippen LogP contribution is -2.40. The molecule has 1 atom stereocenters. The first-order valence-electron chi connectivity index (χ1n) is 10.2. The van der Waals surface area contributed by atoms with E-state index in [9.17, 15) is 22.8 Å². The molecule has 0 unspecified atom stereocenters. The first-order chi connectivity index (χ1) is 15.7. The normalized spacial score (nSPS) is 14.6. The van der Waals surface area contributed by atoms with E-state index < -0.39 is 34.5 Å². The van der Waals surface area contributed by atoms with Gasteiger partial charge in [-0.3, -0.25) is 14.4 Å². The molecule has 1 saturated heterocycles. The third kappa shape index (κ3) is 6.08. The van der Waals surface area contributed by atoms with E-state index >= 15 is 0 Å². The molecule has 0 aromatic heterocycles. The Balaban J connectivity index is 1.55. The van der Waals surface area contributed by atoms with Crippen LogP contribution < -0.4 is 19.7 Å². The Morgan fingerprint density at radius 3 is 2.45 bits per heavy atom. The van der Waals surface area contributed by atoms with E-state index in [4.69, 9.17) is 9.47 Å². The van der Waals surface area contributed by atoms with Crippen LogP contribution in [0.5, 0.6) is 5.75 Å². The van der Waals surface area contributed by atoms with Crippen LogP contribution in [0.25, 0.3) is 0 Å². The molecule has 0 aliphatic carbocycles. The van der Waals surface area contributed by atoms with Crippen LogP contribution in [0.1, 0.15) is 19.8 Å². The molecular weight excluding hydrogens is 450 g/mol. The number of hydrogen-bond acceptors (Lipinski definition) is 7. The summed E-state index contributed by atoms with van der Waals surface area (Å²) in [5.41, 5.74) is 0.988. The van der Waals surface area contributed by atoms with Gasteiger partial charge in [-0.1, -0.05) is 12.1 Å². The molecule has 3 rings (SSSR count). The second kappa shape index (κ2) is 10.5. The molecular formula is C22H25N3O7S. The number of nitrogens with one attached hydrogen (secondary N) is 2. The lowest BCUT2D eigenvalue weighted by molar-refractivity contribution is -0.148. The number of hydrogen-bond donors (Lipinski definition) is 2. The topological polar surface area (TPSA) is 131 Å². The molecule has 176 valence electrons. The maximum Gasteiger partial charge on any atom is 0.324 e. The van der Waals surface area contributed by atoms with Crippen molar-refractivity contribution in [2.45, 2.75) is 30.7 Å². The number of sulfonamides is 1. The Morgan fingerprint density at radius 2 is 1.82 bits per heavy atom. The Hall–Kier alpha value is -3.44. The van der Waals surface area contributed by atoms with E-state index in [0.29, 0.717) is 30.1 Å². The number of rotatable bonds is 9. The Labute approximate surface area is 191 Å². The second-order valence-electron chi connectivity index (χ2n) is 7.34. The highest BCUT2D eigenvalue weighted by Crippen LogP contribution is 2.29. The Morgan fingerprint density at radius 1 is 1.12 bits per heavy atom. The van der Waals surface area contributed by atoms with Crippen LogP contribution in [-0.4, -0.2) is 52.5 Å². The largest absolute Gasteiger partial charge is 0.497 e. The SMILES string of the molecule is COc1ccc(S(=O)(=O)N[C@@H](C)C(=O)OCC(=O)Nc2ccccc2N2CCCC2=O)cc1. The highest BCUT2D eigenvalue weighted by molar-refractivity contribution is 7.89. The molecule has 0 radical (unpaired) electrons. The van der Waals surface area contributed by atoms with Gasteiger partial charge in [0, 0.05) is 13.0 Å². The molecule has 0 spiro atoms. The first-order valence-corrected chi connectivity index (χ1v) is 11.7. The van der Waals surface area contributed by atoms with Crippen LogP contribution in [0.2, 0.25) is 0 Å². The van der Waals surface area contributed by atoms with Crippen molar-refractivity contribution in [2.24, 2.45) is 0 Å². The van der Waals surface area contributed by atoms with E-state index in [2.05, 4.69) is 10.0 Å². The summed E-state index contributed by atoms with van der Waals surface area (Å²) >= 11 is 0. The minimum Gasteiger partial charge on any atom is -0.497 e. The van der Waals surface area contributed by atoms with Crippen molar-refractivity contribution in [3.63, 3.8) is 0 Å². The van der Waals surface area contributed by atoms with E-state index in [1.54, 1.807) is 29.2 Å². The molecule has 1 aliphatic heterocycles. The van der Waals surface area contributed by atoms with Crippen molar-refractivity contribution < 1.29 is 32.3 Å². The standard InChI is InChI=1S/C22H25N3O7S/c1-15(24-33(29,30)17-11-9-16(31-2)10-12-17)22(28)32-14-20(26)23-18-6-3-4-7-19(18)25-13-5-8-21(25)27/h3-4,6-7,9-12,15,24H,5,8,13-14H2,1-2H3,(H,23,26)/t15-/m0/s1. The summed E-state index contributed by atoms with van der Waals surface area (Å²) < 4.78 is 37.1. The maximum atomic E-state index is 12.4. The van der Waals surface area contributed by atoms with Gasteiger partial charge in [-0.25, -0.2) is 8.42 Å². The fourth-order valence-electron chi connectivity index (χ4n) is 3.27. The number of ether oxygens (including phenoxy) is 2. The average Bonchev–Trinajstić information content (AvgIpc) is 3.23. The number of carbonyl (C=O) groups is 3. The summed E-state index contributed by atoms with van der Waals surface area (Å²) in [5.74, 6) is -1.07. The molecule has 11 heteroatoms. The van der Waals surface area contributed by atoms with Gasteiger partial charge in [0.15, 0.2) is 6.61 Å². The molecule has 2 amide bonds. The summed E-state index contributed by atoms with van der Waals surface area (Å²) in [6.45, 7) is 1.26. The zero-order chi connectivity index (χ0) is 24.0. The molecule has 2 N–H and O–H groups in total. The van der Waals surface area contributed by atoms with Gasteiger partial charge in [-0.2, -0.15) is 4.72 Å². The monoisotopic (exact) mass is 475 g/mol. The fourth-order valence-corrected chi connectivity index (χ4v) is 4.46. The van der Waals surface area contributed by atoms with Crippen LogP contribution in [0.15, 0.2) is 53.4 Å². The smallest absolute Gasteiger partial charge is 0.324 e. The van der Waals surface area contributed by atoms with E-state index in [1.165, 1.54) is 38.3 Å². The number of methoxy groups -OCH3 is 1. The number of nitrogens with zero attached hydrogens (tertiary/aromatic N) is 1. The van der Waals surface area contributed by atoms with Crippen molar-refractivity contribution in [1.29, 1.82) is 0 Å². The summed E-state index contributed by atoms with van der Waals surface area (Å²) in [6, 6.07) is 11.3. The third-order valence-electron chi connectivity index (χ3n) is 4.94. The highest BCUT2D eigenvalue weighted by Gasteiger charge is 2.26. The number of benzene rings is 2. The zero-order valence-electron chi connectivity index (χ0n) is 18.2. The minimum atomic E-state index is -3.98. The molecule has 1 aliphatic rings. The second-order valence-corrected chi connectivity index (χ2v) is 9.05. The van der Waals surface area contributed by atoms with E-state index in [-0.39, 0.29) is 10.8 Å². The van der Waals surface area contributed by atoms with Gasteiger partial charge in [-0.05, 0) is 49.7 Å². The number of anilines is 2. The quantitative estimate of drug-likeness (QED) is 0.528. The van der Waals surface area contributed by atoms with Gasteiger partial charge in [-0.15, -0.1) is 0 Å². The number of para-hydroxylation sites is 2. The maximum absolute atomic E-state index is 12.4. The first kappa shape index (κ1) is 24.2. The van der Waals surface area contributed by atoms with Crippen molar-refractivity contribution in [1.82, 2.24) is 4.72 Å². The average molecular weight is 476 g/mol. The molecule has 10 nitrogen and oxygen atoms in total. The minimum absolute atomic E-state index is 0.0268. The summed E-state index contributed by atoms with van der Waals surface area (Å²) in [5, 5.41) is 2.63. The van der Waals surface area contributed by atoms with Gasteiger partial charge >= 0.3 is 5.97 Å². The lowest BCUT2D eigenvalue weighted by atomic mass is 10.2. The van der Waals surface area contributed by atoms with Gasteiger partial charge in [0.25, 0.3) is 5.91 Å². The molecule has 0 bridgehead atoms. The van der Waals surface area contributed by atoms with Crippen molar-refractivity contribution in [3.05, 3.63) is 48.5 Å². The molecule has 0 saturated carbocycles. The lowest BCUT2D eigenvalue weighted by Gasteiger charge is -2.20. The van der Waals surface area contributed by atoms with Crippen LogP contribution in [-0.2, 0) is 29.1 Å². The van der Waals surface area contributed by atoms with Crippen LogP contribution >= 0.6 is 0 Å². The van der Waals surface area contributed by atoms with Crippen molar-refractivity contribution >= 4 is 39.2 Å². The van der Waals surface area contributed by atoms with E-state index in [0.717, 1.165) is 6.42 Å². The Bertz CT molecular complexity index is 1130. The van der Waals surface area contributed by atoms with E-state index in [1.807, 2.05) is 0 Å². The predicted octanol–water partition coefficient (Wildman–Crippen LogP) is 1.67. The Kier molecular flexibility index (Phi) is 7.67. The van der Waals surface area contributed by atoms with Crippen molar-refractivity contribution in [3.8, 4) is 5.75 Å². The van der Waals surface area contributed by atoms with Crippen LogP contribution in [0.4, 0.5) is 11.4 Å². The van der Waals surface area contributed by atoms with Gasteiger partial charge < -0.3 is 19.7 Å². The van der Waals surface area contributed by atoms with Crippen molar-refractivity contribution in [2.75, 3.05) is 30.5 Å². The van der Waals surface area contributed by atoms with Crippen LogP contribution in [0.3, 0.4) is 0 Å². The third-order valence-corrected chi connectivity index (χ3v) is 6.50. The molecule has 1 fully saturated rings. The van der Waals surface area contributed by atoms with Crippen LogP contribution in [0, 0.1) is 0 Å². The fraction of sp³-hybridized carbons (Fsp3) is 0.318. The van der Waals surface area contributed by atoms with Gasteiger partial charge in [0.1, 0.15) is 11.8 Å². The predicted molar refractivity (Wildman–Crippen MR) is 120 cm³/mol. The zero-order valence-corrected chi connectivity index (χ0v) is 19.1.